The van der Waals surface area contributed by atoms with Gasteiger partial charge in [-0.25, -0.2) is 0 Å². The highest BCUT2D eigenvalue weighted by Crippen LogP contribution is 2.10. The van der Waals surface area contributed by atoms with Gasteiger partial charge in [-0.15, -0.1) is 6.58 Å². The minimum absolute atomic E-state index is 0.251. The topological polar surface area (TPSA) is 32.3 Å². The maximum Gasteiger partial charge on any atom is 0.222 e. The van der Waals surface area contributed by atoms with Gasteiger partial charge in [0.05, 0.1) is 0 Å². The van der Waals surface area contributed by atoms with Gasteiger partial charge in [-0.3, -0.25) is 4.79 Å². The van der Waals surface area contributed by atoms with Crippen molar-refractivity contribution < 1.29 is 4.79 Å². The van der Waals surface area contributed by atoms with Crippen molar-refractivity contribution in [2.75, 3.05) is 20.1 Å². The summed E-state index contributed by atoms with van der Waals surface area (Å²) in [6.45, 7) is 5.12. The van der Waals surface area contributed by atoms with Crippen LogP contribution in [0.1, 0.15) is 12.8 Å². The molecule has 1 fully saturated rings. The molecule has 0 saturated carbocycles. The van der Waals surface area contributed by atoms with Crippen LogP contribution in [-0.2, 0) is 4.79 Å². The summed E-state index contributed by atoms with van der Waals surface area (Å²) in [6, 6.07) is 0.461. The third-order valence-corrected chi connectivity index (χ3v) is 2.26. The Labute approximate surface area is 73.4 Å². The van der Waals surface area contributed by atoms with Gasteiger partial charge in [-0.05, 0) is 13.5 Å². The molecule has 1 unspecified atom stereocenters. The van der Waals surface area contributed by atoms with E-state index in [9.17, 15) is 4.79 Å². The summed E-state index contributed by atoms with van der Waals surface area (Å²) in [5.74, 6) is 0.251. The van der Waals surface area contributed by atoms with Crippen molar-refractivity contribution in [2.45, 2.75) is 18.9 Å². The second-order valence-corrected chi connectivity index (χ2v) is 3.11. The average Bonchev–Trinajstić information content (AvgIpc) is 2.09. The first-order valence-electron chi connectivity index (χ1n) is 4.34. The van der Waals surface area contributed by atoms with Crippen LogP contribution in [0.25, 0.3) is 0 Å². The summed E-state index contributed by atoms with van der Waals surface area (Å²) in [7, 11) is 1.94. The normalized spacial score (nSPS) is 24.2. The standard InChI is InChI=1S/C9H16N2O/c1-3-6-11-7-8(10-2)4-5-9(11)12/h3,8,10H,1,4-7H2,2H3. The first-order chi connectivity index (χ1) is 5.77. The second kappa shape index (κ2) is 4.26. The molecule has 1 atom stereocenters. The van der Waals surface area contributed by atoms with E-state index in [0.29, 0.717) is 19.0 Å². The molecule has 3 nitrogen and oxygen atoms in total. The third kappa shape index (κ3) is 2.08. The van der Waals surface area contributed by atoms with Gasteiger partial charge in [-0.1, -0.05) is 6.08 Å². The van der Waals surface area contributed by atoms with Crippen LogP contribution in [0.2, 0.25) is 0 Å². The van der Waals surface area contributed by atoms with E-state index in [1.165, 1.54) is 0 Å². The number of carbonyl (C=O) groups is 1. The van der Waals surface area contributed by atoms with Crippen molar-refractivity contribution in [1.29, 1.82) is 0 Å². The molecule has 1 saturated heterocycles. The molecule has 0 aromatic rings. The Balaban J connectivity index is 2.46. The van der Waals surface area contributed by atoms with Crippen LogP contribution in [0.15, 0.2) is 12.7 Å². The Morgan fingerprint density at radius 2 is 2.58 bits per heavy atom. The number of piperidine rings is 1. The molecule has 0 aromatic carbocycles. The SMILES string of the molecule is C=CCN1CC(NC)CCC1=O. The number of likely N-dealkylation sites (N-methyl/N-ethyl adjacent to an activating group) is 1. The predicted octanol–water partition coefficient (Wildman–Crippen LogP) is 0.383. The molecule has 1 N–H and O–H groups in total. The lowest BCUT2D eigenvalue weighted by molar-refractivity contribution is -0.133. The molecule has 0 radical (unpaired) electrons. The monoisotopic (exact) mass is 168 g/mol. The maximum atomic E-state index is 11.3. The molecular weight excluding hydrogens is 152 g/mol. The summed E-state index contributed by atoms with van der Waals surface area (Å²) in [5, 5.41) is 3.18. The minimum Gasteiger partial charge on any atom is -0.337 e. The van der Waals surface area contributed by atoms with E-state index < -0.39 is 0 Å². The van der Waals surface area contributed by atoms with Crippen LogP contribution in [-0.4, -0.2) is 37.0 Å². The number of carbonyl (C=O) groups excluding carboxylic acids is 1. The largest absolute Gasteiger partial charge is 0.337 e. The fourth-order valence-corrected chi connectivity index (χ4v) is 1.48. The van der Waals surface area contributed by atoms with Crippen LogP contribution in [0, 0.1) is 0 Å². The second-order valence-electron chi connectivity index (χ2n) is 3.11. The van der Waals surface area contributed by atoms with Crippen LogP contribution < -0.4 is 5.32 Å². The van der Waals surface area contributed by atoms with E-state index in [1.807, 2.05) is 11.9 Å². The number of amides is 1. The Bertz CT molecular complexity index is 179. The van der Waals surface area contributed by atoms with Crippen molar-refractivity contribution in [1.82, 2.24) is 10.2 Å². The van der Waals surface area contributed by atoms with E-state index in [1.54, 1.807) is 6.08 Å². The maximum absolute atomic E-state index is 11.3. The zero-order chi connectivity index (χ0) is 8.97. The first kappa shape index (κ1) is 9.26. The summed E-state index contributed by atoms with van der Waals surface area (Å²) in [4.78, 5) is 13.1. The number of nitrogens with one attached hydrogen (secondary N) is 1. The van der Waals surface area contributed by atoms with Crippen molar-refractivity contribution >= 4 is 5.91 Å². The van der Waals surface area contributed by atoms with E-state index >= 15 is 0 Å². The molecule has 1 rings (SSSR count). The summed E-state index contributed by atoms with van der Waals surface area (Å²) in [5.41, 5.74) is 0. The van der Waals surface area contributed by atoms with Gasteiger partial charge >= 0.3 is 0 Å². The Hall–Kier alpha value is -0.830. The number of hydrogen-bond donors (Lipinski definition) is 1. The summed E-state index contributed by atoms with van der Waals surface area (Å²) in [6.07, 6.45) is 3.40. The molecule has 0 aromatic heterocycles. The Morgan fingerprint density at radius 3 is 3.17 bits per heavy atom. The molecule has 1 aliphatic rings. The van der Waals surface area contributed by atoms with Crippen LogP contribution in [0.5, 0.6) is 0 Å². The zero-order valence-electron chi connectivity index (χ0n) is 7.55. The van der Waals surface area contributed by atoms with Gasteiger partial charge in [0.25, 0.3) is 0 Å². The minimum atomic E-state index is 0.251. The van der Waals surface area contributed by atoms with E-state index in [2.05, 4.69) is 11.9 Å². The number of nitrogens with zero attached hydrogens (tertiary/aromatic N) is 1. The molecular formula is C9H16N2O. The first-order valence-corrected chi connectivity index (χ1v) is 4.34. The highest BCUT2D eigenvalue weighted by molar-refractivity contribution is 5.77. The molecule has 1 aliphatic heterocycles. The lowest BCUT2D eigenvalue weighted by Crippen LogP contribution is -2.47. The van der Waals surface area contributed by atoms with Gasteiger partial charge < -0.3 is 10.2 Å². The Kier molecular flexibility index (Phi) is 3.29. The molecule has 3 heteroatoms. The molecule has 0 aliphatic carbocycles. The van der Waals surface area contributed by atoms with Gasteiger partial charge in [0.1, 0.15) is 0 Å². The average molecular weight is 168 g/mol. The van der Waals surface area contributed by atoms with Crippen LogP contribution in [0.3, 0.4) is 0 Å². The molecule has 1 heterocycles. The number of hydrogen-bond acceptors (Lipinski definition) is 2. The lowest BCUT2D eigenvalue weighted by atomic mass is 10.1. The van der Waals surface area contributed by atoms with Crippen LogP contribution in [0.4, 0.5) is 0 Å². The molecule has 1 amide bonds. The molecule has 12 heavy (non-hydrogen) atoms. The summed E-state index contributed by atoms with van der Waals surface area (Å²) < 4.78 is 0. The molecule has 0 bridgehead atoms. The quantitative estimate of drug-likeness (QED) is 0.618. The number of likely N-dealkylation sites (tertiary alicyclic amines) is 1. The predicted molar refractivity (Wildman–Crippen MR) is 48.9 cm³/mol. The van der Waals surface area contributed by atoms with Crippen LogP contribution >= 0.6 is 0 Å². The fourth-order valence-electron chi connectivity index (χ4n) is 1.48. The van der Waals surface area contributed by atoms with Gasteiger partial charge in [0.15, 0.2) is 0 Å². The third-order valence-electron chi connectivity index (χ3n) is 2.26. The van der Waals surface area contributed by atoms with E-state index in [4.69, 9.17) is 0 Å². The fraction of sp³-hybridized carbons (Fsp3) is 0.667. The van der Waals surface area contributed by atoms with Crippen molar-refractivity contribution in [3.8, 4) is 0 Å². The van der Waals surface area contributed by atoms with E-state index in [-0.39, 0.29) is 5.91 Å². The highest BCUT2D eigenvalue weighted by Gasteiger charge is 2.22. The van der Waals surface area contributed by atoms with E-state index in [0.717, 1.165) is 13.0 Å². The van der Waals surface area contributed by atoms with Crippen molar-refractivity contribution in [2.24, 2.45) is 0 Å². The Morgan fingerprint density at radius 1 is 1.83 bits per heavy atom. The van der Waals surface area contributed by atoms with Crippen molar-refractivity contribution in [3.63, 3.8) is 0 Å². The lowest BCUT2D eigenvalue weighted by Gasteiger charge is -2.31. The van der Waals surface area contributed by atoms with Crippen molar-refractivity contribution in [3.05, 3.63) is 12.7 Å². The zero-order valence-corrected chi connectivity index (χ0v) is 7.55. The van der Waals surface area contributed by atoms with Gasteiger partial charge in [0.2, 0.25) is 5.91 Å². The van der Waals surface area contributed by atoms with Gasteiger partial charge in [0, 0.05) is 25.6 Å². The smallest absolute Gasteiger partial charge is 0.222 e. The highest BCUT2D eigenvalue weighted by atomic mass is 16.2. The summed E-state index contributed by atoms with van der Waals surface area (Å²) >= 11 is 0. The molecule has 0 spiro atoms. The number of rotatable bonds is 3. The molecule has 68 valence electrons. The van der Waals surface area contributed by atoms with Gasteiger partial charge in [-0.2, -0.15) is 0 Å².